The van der Waals surface area contributed by atoms with Crippen molar-refractivity contribution in [2.45, 2.75) is 0 Å². The number of fused-ring (bicyclic) bond motifs is 1. The summed E-state index contributed by atoms with van der Waals surface area (Å²) >= 11 is 0. The lowest BCUT2D eigenvalue weighted by atomic mass is 10.1. The second-order valence-corrected chi connectivity index (χ2v) is 7.63. The molecule has 38 heavy (non-hydrogen) atoms. The van der Waals surface area contributed by atoms with Crippen LogP contribution in [0.3, 0.4) is 0 Å². The minimum Gasteiger partial charge on any atom is -0.495 e. The molecule has 0 bridgehead atoms. The molecule has 0 spiro atoms. The molecule has 14 nitrogen and oxygen atoms in total. The van der Waals surface area contributed by atoms with Gasteiger partial charge >= 0.3 is 0 Å². The van der Waals surface area contributed by atoms with Crippen molar-refractivity contribution in [3.63, 3.8) is 0 Å². The summed E-state index contributed by atoms with van der Waals surface area (Å²) in [4.78, 5) is 47.2. The van der Waals surface area contributed by atoms with Crippen molar-refractivity contribution in [2.75, 3.05) is 25.1 Å². The van der Waals surface area contributed by atoms with Crippen LogP contribution in [-0.2, 0) is 0 Å². The Labute approximate surface area is 212 Å². The molecule has 0 saturated heterocycles. The van der Waals surface area contributed by atoms with Crippen molar-refractivity contribution in [1.82, 2.24) is 0 Å². The van der Waals surface area contributed by atoms with Crippen LogP contribution in [0.25, 0.3) is 10.8 Å². The first-order valence-corrected chi connectivity index (χ1v) is 10.8. The number of rotatable bonds is 8. The summed E-state index contributed by atoms with van der Waals surface area (Å²) in [6.07, 6.45) is 0. The van der Waals surface area contributed by atoms with Crippen LogP contribution >= 0.6 is 0 Å². The molecular formula is C24H18N6O8. The van der Waals surface area contributed by atoms with Gasteiger partial charge in [-0.2, -0.15) is 10.2 Å². The second-order valence-electron chi connectivity index (χ2n) is 7.63. The molecule has 4 aromatic rings. The van der Waals surface area contributed by atoms with Crippen LogP contribution in [0.2, 0.25) is 0 Å². The van der Waals surface area contributed by atoms with E-state index in [0.29, 0.717) is 0 Å². The number of nitro benzene ring substituents is 2. The molecule has 0 saturated carbocycles. The first kappa shape index (κ1) is 25.4. The van der Waals surface area contributed by atoms with Crippen LogP contribution in [-0.4, -0.2) is 24.1 Å². The van der Waals surface area contributed by atoms with Gasteiger partial charge in [0.15, 0.2) is 0 Å². The van der Waals surface area contributed by atoms with Crippen LogP contribution < -0.4 is 41.9 Å². The number of non-ortho nitro benzene ring substituents is 2. The number of methoxy groups -OCH3 is 2. The monoisotopic (exact) mass is 518 g/mol. The van der Waals surface area contributed by atoms with E-state index in [0.717, 1.165) is 0 Å². The van der Waals surface area contributed by atoms with Crippen molar-refractivity contribution in [1.29, 1.82) is 0 Å². The normalized spacial score (nSPS) is 11.8. The number of hydrogen-bond donors (Lipinski definition) is 2. The predicted molar refractivity (Wildman–Crippen MR) is 137 cm³/mol. The number of anilines is 2. The molecule has 0 radical (unpaired) electrons. The number of benzene rings is 4. The standard InChI is InChI=1S/C24H18N6O8/c1-37-19-9-7-13(29(33)34)11-17(19)25-27-21-15-5-3-4-6-16(15)22(24(32)23(21)31)28-26-18-12-14(30(35)36)8-10-20(18)38-2/h3-12,25-26H,1-2H3. The highest BCUT2D eigenvalue weighted by molar-refractivity contribution is 5.81. The lowest BCUT2D eigenvalue weighted by molar-refractivity contribution is -0.385. The quantitative estimate of drug-likeness (QED) is 0.199. The van der Waals surface area contributed by atoms with Crippen molar-refractivity contribution < 1.29 is 19.3 Å². The summed E-state index contributed by atoms with van der Waals surface area (Å²) in [5.74, 6) is 0.445. The summed E-state index contributed by atoms with van der Waals surface area (Å²) in [7, 11) is 2.71. The fourth-order valence-electron chi connectivity index (χ4n) is 3.60. The van der Waals surface area contributed by atoms with Crippen LogP contribution in [0, 0.1) is 20.2 Å². The van der Waals surface area contributed by atoms with Crippen molar-refractivity contribution in [3.8, 4) is 11.5 Å². The minimum absolute atomic E-state index is 0.103. The molecule has 4 rings (SSSR count). The van der Waals surface area contributed by atoms with E-state index in [-0.39, 0.29) is 55.7 Å². The lowest BCUT2D eigenvalue weighted by Gasteiger charge is -2.08. The Balaban J connectivity index is 1.87. The first-order valence-electron chi connectivity index (χ1n) is 10.8. The number of hydrogen-bond acceptors (Lipinski definition) is 12. The second kappa shape index (κ2) is 10.5. The molecule has 0 heterocycles. The van der Waals surface area contributed by atoms with E-state index in [1.54, 1.807) is 24.3 Å². The molecule has 0 aliphatic rings. The molecule has 192 valence electrons. The van der Waals surface area contributed by atoms with Gasteiger partial charge in [-0.05, 0) is 12.1 Å². The molecule has 0 amide bonds. The number of nitrogens with zero attached hydrogens (tertiary/aromatic N) is 4. The molecule has 0 unspecified atom stereocenters. The lowest BCUT2D eigenvalue weighted by Crippen LogP contribution is -2.48. The van der Waals surface area contributed by atoms with Gasteiger partial charge in [0.05, 0.1) is 24.1 Å². The largest absolute Gasteiger partial charge is 0.495 e. The summed E-state index contributed by atoms with van der Waals surface area (Å²) in [5, 5.41) is 30.5. The van der Waals surface area contributed by atoms with E-state index in [9.17, 15) is 29.8 Å². The SMILES string of the molecule is COc1ccc([N+](=O)[O-])cc1NN=c1c(=O)c(=O)c(=NNc2cc([N+](=O)[O-])ccc2OC)c2ccccc12. The molecule has 14 heteroatoms. The van der Waals surface area contributed by atoms with Gasteiger partial charge in [0.25, 0.3) is 22.2 Å². The predicted octanol–water partition coefficient (Wildman–Crippen LogP) is 2.12. The van der Waals surface area contributed by atoms with E-state index >= 15 is 0 Å². The minimum atomic E-state index is -0.993. The van der Waals surface area contributed by atoms with Gasteiger partial charge in [-0.15, -0.1) is 0 Å². The number of nitrogens with one attached hydrogen (secondary N) is 2. The Morgan fingerprint density at radius 1 is 0.684 bits per heavy atom. The van der Waals surface area contributed by atoms with Gasteiger partial charge in [0.2, 0.25) is 0 Å². The molecule has 4 aromatic carbocycles. The summed E-state index contributed by atoms with van der Waals surface area (Å²) in [6.45, 7) is 0. The first-order chi connectivity index (χ1) is 18.2. The fourth-order valence-corrected chi connectivity index (χ4v) is 3.60. The third kappa shape index (κ3) is 4.86. The molecule has 0 aliphatic heterocycles. The molecule has 0 atom stereocenters. The topological polar surface area (TPSA) is 188 Å². The van der Waals surface area contributed by atoms with Crippen molar-refractivity contribution in [2.24, 2.45) is 10.2 Å². The maximum atomic E-state index is 13.0. The third-order valence-electron chi connectivity index (χ3n) is 5.44. The van der Waals surface area contributed by atoms with Gasteiger partial charge in [-0.1, -0.05) is 24.3 Å². The van der Waals surface area contributed by atoms with Gasteiger partial charge in [0.1, 0.15) is 33.6 Å². The van der Waals surface area contributed by atoms with Crippen LogP contribution in [0.5, 0.6) is 11.5 Å². The Hall–Kier alpha value is -5.66. The number of nitro groups is 2. The van der Waals surface area contributed by atoms with Crippen LogP contribution in [0.4, 0.5) is 22.7 Å². The Bertz CT molecular complexity index is 1680. The van der Waals surface area contributed by atoms with Crippen molar-refractivity contribution >= 4 is 33.5 Å². The highest BCUT2D eigenvalue weighted by Crippen LogP contribution is 2.29. The highest BCUT2D eigenvalue weighted by Gasteiger charge is 2.14. The fraction of sp³-hybridized carbons (Fsp3) is 0.0833. The number of ether oxygens (including phenoxy) is 2. The van der Waals surface area contributed by atoms with Gasteiger partial charge in [0, 0.05) is 35.0 Å². The van der Waals surface area contributed by atoms with E-state index in [2.05, 4.69) is 21.1 Å². The summed E-state index contributed by atoms with van der Waals surface area (Å²) in [6, 6.07) is 13.9. The Morgan fingerprint density at radius 3 is 1.42 bits per heavy atom. The van der Waals surface area contributed by atoms with E-state index in [1.807, 2.05) is 0 Å². The zero-order valence-electron chi connectivity index (χ0n) is 19.8. The van der Waals surface area contributed by atoms with E-state index in [1.165, 1.54) is 50.6 Å². The average molecular weight is 518 g/mol. The zero-order chi connectivity index (χ0) is 27.4. The zero-order valence-corrected chi connectivity index (χ0v) is 19.8. The molecule has 0 aliphatic carbocycles. The highest BCUT2D eigenvalue weighted by atomic mass is 16.6. The van der Waals surface area contributed by atoms with Gasteiger partial charge in [-0.3, -0.25) is 40.7 Å². The van der Waals surface area contributed by atoms with Crippen molar-refractivity contribution in [3.05, 3.63) is 112 Å². The van der Waals surface area contributed by atoms with Crippen LogP contribution in [0.15, 0.2) is 80.5 Å². The summed E-state index contributed by atoms with van der Waals surface area (Å²) in [5.41, 5.74) is 2.89. The molecular weight excluding hydrogens is 500 g/mol. The van der Waals surface area contributed by atoms with Crippen LogP contribution in [0.1, 0.15) is 0 Å². The molecule has 0 fully saturated rings. The average Bonchev–Trinajstić information content (AvgIpc) is 2.92. The Morgan fingerprint density at radius 2 is 1.08 bits per heavy atom. The third-order valence-corrected chi connectivity index (χ3v) is 5.44. The van der Waals surface area contributed by atoms with E-state index in [4.69, 9.17) is 9.47 Å². The van der Waals surface area contributed by atoms with Gasteiger partial charge in [-0.25, -0.2) is 0 Å². The molecule has 0 aromatic heterocycles. The smallest absolute Gasteiger partial charge is 0.271 e. The summed E-state index contributed by atoms with van der Waals surface area (Å²) < 4.78 is 10.4. The maximum Gasteiger partial charge on any atom is 0.271 e. The van der Waals surface area contributed by atoms with Gasteiger partial charge < -0.3 is 9.47 Å². The Kier molecular flexibility index (Phi) is 7.05. The van der Waals surface area contributed by atoms with E-state index < -0.39 is 20.7 Å². The molecule has 2 N–H and O–H groups in total. The maximum absolute atomic E-state index is 13.0.